The van der Waals surface area contributed by atoms with Crippen LogP contribution in [0, 0.1) is 0 Å². The van der Waals surface area contributed by atoms with Crippen LogP contribution in [0.2, 0.25) is 0 Å². The van der Waals surface area contributed by atoms with E-state index in [0.717, 1.165) is 20.8 Å². The zero-order chi connectivity index (χ0) is 25.4. The lowest BCUT2D eigenvalue weighted by Gasteiger charge is -2.44. The van der Waals surface area contributed by atoms with Gasteiger partial charge in [-0.05, 0) is 11.1 Å². The van der Waals surface area contributed by atoms with E-state index in [4.69, 9.17) is 28.8 Å². The SMILES string of the molecule is CC(=O)OC[C@H]1O[C@H](c2ccc(COC(=O)O)cc2)[C@H](OC(C)=O)[C@@H](OC(C)=O)[C@H]1OC(C)=O. The first kappa shape index (κ1) is 26.6. The summed E-state index contributed by atoms with van der Waals surface area (Å²) < 4.78 is 31.8. The number of rotatable bonds is 8. The largest absolute Gasteiger partial charge is 0.506 e. The van der Waals surface area contributed by atoms with Crippen LogP contribution in [0.1, 0.15) is 44.9 Å². The predicted octanol–water partition coefficient (Wildman–Crippen LogP) is 1.68. The maximum absolute atomic E-state index is 11.9. The molecule has 1 aliphatic heterocycles. The van der Waals surface area contributed by atoms with E-state index in [0.29, 0.717) is 11.1 Å². The Bertz CT molecular complexity index is 909. The summed E-state index contributed by atoms with van der Waals surface area (Å²) in [5.74, 6) is -2.77. The highest BCUT2D eigenvalue weighted by atomic mass is 16.7. The Morgan fingerprint density at radius 3 is 1.79 bits per heavy atom. The molecule has 0 aromatic heterocycles. The molecule has 12 nitrogen and oxygen atoms in total. The number of ether oxygens (including phenoxy) is 6. The molecule has 5 atom stereocenters. The summed E-state index contributed by atoms with van der Waals surface area (Å²) >= 11 is 0. The van der Waals surface area contributed by atoms with Crippen LogP contribution < -0.4 is 0 Å². The van der Waals surface area contributed by atoms with Crippen LogP contribution in [0.25, 0.3) is 0 Å². The Hall–Kier alpha value is -3.67. The fourth-order valence-corrected chi connectivity index (χ4v) is 3.45. The summed E-state index contributed by atoms with van der Waals surface area (Å²) in [4.78, 5) is 57.5. The molecule has 2 rings (SSSR count). The van der Waals surface area contributed by atoms with E-state index in [2.05, 4.69) is 4.74 Å². The zero-order valence-corrected chi connectivity index (χ0v) is 19.0. The number of carboxylic acid groups (broad SMARTS) is 1. The second-order valence-electron chi connectivity index (χ2n) is 7.42. The topological polar surface area (TPSA) is 161 Å². The van der Waals surface area contributed by atoms with E-state index in [1.165, 1.54) is 6.92 Å². The summed E-state index contributed by atoms with van der Waals surface area (Å²) in [7, 11) is 0. The minimum Gasteiger partial charge on any atom is -0.463 e. The summed E-state index contributed by atoms with van der Waals surface area (Å²) in [5, 5.41) is 8.66. The van der Waals surface area contributed by atoms with Crippen molar-refractivity contribution in [3.8, 4) is 0 Å². The number of esters is 4. The second kappa shape index (κ2) is 12.0. The van der Waals surface area contributed by atoms with Gasteiger partial charge in [-0.3, -0.25) is 19.2 Å². The highest BCUT2D eigenvalue weighted by Gasteiger charge is 2.52. The van der Waals surface area contributed by atoms with Crippen LogP contribution in [-0.4, -0.2) is 66.2 Å². The van der Waals surface area contributed by atoms with Crippen molar-refractivity contribution in [3.05, 3.63) is 35.4 Å². The molecule has 34 heavy (non-hydrogen) atoms. The molecule has 1 aliphatic rings. The van der Waals surface area contributed by atoms with Gasteiger partial charge in [0.05, 0.1) is 0 Å². The molecule has 0 spiro atoms. The molecular weight excluding hydrogens is 456 g/mol. The molecule has 12 heteroatoms. The number of carbonyl (C=O) groups is 5. The minimum atomic E-state index is -1.43. The Morgan fingerprint density at radius 1 is 0.765 bits per heavy atom. The van der Waals surface area contributed by atoms with Gasteiger partial charge in [-0.1, -0.05) is 24.3 Å². The summed E-state index contributed by atoms with van der Waals surface area (Å²) in [6.07, 6.45) is -7.26. The summed E-state index contributed by atoms with van der Waals surface area (Å²) in [6, 6.07) is 6.32. The Morgan fingerprint density at radius 2 is 1.29 bits per heavy atom. The highest BCUT2D eigenvalue weighted by molar-refractivity contribution is 5.69. The lowest BCUT2D eigenvalue weighted by Crippen LogP contribution is -2.59. The van der Waals surface area contributed by atoms with Crippen LogP contribution in [-0.2, 0) is 54.2 Å². The van der Waals surface area contributed by atoms with E-state index < -0.39 is 60.6 Å². The van der Waals surface area contributed by atoms with Gasteiger partial charge in [-0.2, -0.15) is 0 Å². The fraction of sp³-hybridized carbons (Fsp3) is 0.500. The van der Waals surface area contributed by atoms with Crippen molar-refractivity contribution in [1.82, 2.24) is 0 Å². The normalized spacial score (nSPS) is 23.8. The van der Waals surface area contributed by atoms with Gasteiger partial charge < -0.3 is 33.5 Å². The third kappa shape index (κ3) is 7.73. The van der Waals surface area contributed by atoms with Crippen molar-refractivity contribution in [2.24, 2.45) is 0 Å². The Labute approximate surface area is 195 Å². The lowest BCUT2D eigenvalue weighted by atomic mass is 9.90. The third-order valence-corrected chi connectivity index (χ3v) is 4.66. The molecule has 0 aliphatic carbocycles. The highest BCUT2D eigenvalue weighted by Crippen LogP contribution is 2.37. The average molecular weight is 482 g/mol. The van der Waals surface area contributed by atoms with E-state index in [9.17, 15) is 24.0 Å². The van der Waals surface area contributed by atoms with Crippen molar-refractivity contribution in [3.63, 3.8) is 0 Å². The first-order valence-electron chi connectivity index (χ1n) is 10.2. The van der Waals surface area contributed by atoms with Gasteiger partial charge in [0.15, 0.2) is 18.3 Å². The van der Waals surface area contributed by atoms with E-state index in [-0.39, 0.29) is 13.2 Å². The Balaban J connectivity index is 2.47. The van der Waals surface area contributed by atoms with E-state index >= 15 is 0 Å². The standard InChI is InChI=1S/C22H26O12/c1-11(23)29-10-17-19(31-12(2)24)21(33-14(4)26)20(32-13(3)25)18(34-17)16-7-5-15(6-8-16)9-30-22(27)28/h5-8,17-21H,9-10H2,1-4H3,(H,27,28)/t17-,18-,19+,20+,21+/m1/s1. The van der Waals surface area contributed by atoms with E-state index in [1.807, 2.05) is 0 Å². The molecule has 1 heterocycles. The van der Waals surface area contributed by atoms with Crippen molar-refractivity contribution < 1.29 is 57.5 Å². The second-order valence-corrected chi connectivity index (χ2v) is 7.42. The van der Waals surface area contributed by atoms with Gasteiger partial charge in [-0.25, -0.2) is 4.79 Å². The summed E-state index contributed by atoms with van der Waals surface area (Å²) in [5.41, 5.74) is 1.01. The van der Waals surface area contributed by atoms with Gasteiger partial charge in [-0.15, -0.1) is 0 Å². The van der Waals surface area contributed by atoms with E-state index in [1.54, 1.807) is 24.3 Å². The molecule has 186 valence electrons. The maximum atomic E-state index is 11.9. The third-order valence-electron chi connectivity index (χ3n) is 4.66. The molecule has 0 saturated carbocycles. The quantitative estimate of drug-likeness (QED) is 0.422. The monoisotopic (exact) mass is 482 g/mol. The van der Waals surface area contributed by atoms with Gasteiger partial charge >= 0.3 is 30.0 Å². The number of hydrogen-bond acceptors (Lipinski definition) is 11. The molecule has 0 amide bonds. The zero-order valence-electron chi connectivity index (χ0n) is 19.0. The fourth-order valence-electron chi connectivity index (χ4n) is 3.45. The van der Waals surface area contributed by atoms with Gasteiger partial charge in [0.2, 0.25) is 0 Å². The summed E-state index contributed by atoms with van der Waals surface area (Å²) in [6.45, 7) is 4.09. The lowest BCUT2D eigenvalue weighted by molar-refractivity contribution is -0.254. The average Bonchev–Trinajstić information content (AvgIpc) is 2.73. The van der Waals surface area contributed by atoms with Crippen LogP contribution in [0.4, 0.5) is 4.79 Å². The first-order valence-corrected chi connectivity index (χ1v) is 10.2. The molecule has 0 unspecified atom stereocenters. The molecule has 1 saturated heterocycles. The van der Waals surface area contributed by atoms with Crippen molar-refractivity contribution in [2.75, 3.05) is 6.61 Å². The number of benzene rings is 1. The van der Waals surface area contributed by atoms with Crippen molar-refractivity contribution in [1.29, 1.82) is 0 Å². The predicted molar refractivity (Wildman–Crippen MR) is 110 cm³/mol. The molecule has 1 aromatic carbocycles. The minimum absolute atomic E-state index is 0.186. The van der Waals surface area contributed by atoms with Crippen molar-refractivity contribution >= 4 is 30.0 Å². The maximum Gasteiger partial charge on any atom is 0.506 e. The smallest absolute Gasteiger partial charge is 0.463 e. The molecular formula is C22H26O12. The molecule has 0 bridgehead atoms. The van der Waals surface area contributed by atoms with Gasteiger partial charge in [0.1, 0.15) is 25.4 Å². The molecule has 1 fully saturated rings. The first-order chi connectivity index (χ1) is 16.0. The number of carbonyl (C=O) groups excluding carboxylic acids is 4. The van der Waals surface area contributed by atoms with Crippen LogP contribution in [0.5, 0.6) is 0 Å². The molecule has 1 aromatic rings. The Kier molecular flexibility index (Phi) is 9.36. The number of hydrogen-bond donors (Lipinski definition) is 1. The van der Waals surface area contributed by atoms with Crippen molar-refractivity contribution in [2.45, 2.75) is 64.8 Å². The van der Waals surface area contributed by atoms with Crippen LogP contribution in [0.15, 0.2) is 24.3 Å². The molecule has 1 N–H and O–H groups in total. The van der Waals surface area contributed by atoms with Crippen LogP contribution in [0.3, 0.4) is 0 Å². The van der Waals surface area contributed by atoms with Gasteiger partial charge in [0, 0.05) is 27.7 Å². The van der Waals surface area contributed by atoms with Crippen LogP contribution >= 0.6 is 0 Å². The molecule has 0 radical (unpaired) electrons. The van der Waals surface area contributed by atoms with Gasteiger partial charge in [0.25, 0.3) is 0 Å².